The minimum atomic E-state index is -1.04. The molecule has 1 fully saturated rings. The molecule has 47 heavy (non-hydrogen) atoms. The van der Waals surface area contributed by atoms with Gasteiger partial charge in [0.1, 0.15) is 18.1 Å². The Morgan fingerprint density at radius 1 is 0.681 bits per heavy atom. The van der Waals surface area contributed by atoms with Gasteiger partial charge in [-0.2, -0.15) is 0 Å². The van der Waals surface area contributed by atoms with Crippen LogP contribution in [0.4, 0.5) is 0 Å². The summed E-state index contributed by atoms with van der Waals surface area (Å²) < 4.78 is 0. The number of rotatable bonds is 14. The number of fused-ring (bicyclic) bond motifs is 2. The van der Waals surface area contributed by atoms with Gasteiger partial charge >= 0.3 is 0 Å². The fourth-order valence-electron chi connectivity index (χ4n) is 6.15. The minimum Gasteiger partial charge on any atom is -0.368 e. The number of amides is 4. The van der Waals surface area contributed by atoms with Gasteiger partial charge in [-0.1, -0.05) is 84.9 Å². The fraction of sp³-hybridized carbons (Fsp3) is 0.351. The lowest BCUT2D eigenvalue weighted by molar-refractivity contribution is -0.134. The Balaban J connectivity index is 1.41. The van der Waals surface area contributed by atoms with Crippen molar-refractivity contribution in [3.63, 3.8) is 0 Å². The maximum Gasteiger partial charge on any atom is 0.243 e. The third-order valence-corrected chi connectivity index (χ3v) is 8.84. The third kappa shape index (κ3) is 9.15. The molecule has 0 aliphatic carbocycles. The van der Waals surface area contributed by atoms with E-state index >= 15 is 0 Å². The van der Waals surface area contributed by atoms with Crippen molar-refractivity contribution in [2.45, 2.75) is 56.7 Å². The Bertz CT molecular complexity index is 1720. The van der Waals surface area contributed by atoms with E-state index in [0.29, 0.717) is 25.8 Å². The fourth-order valence-corrected chi connectivity index (χ4v) is 6.15. The van der Waals surface area contributed by atoms with E-state index in [9.17, 15) is 19.2 Å². The molecule has 10 nitrogen and oxygen atoms in total. The molecule has 0 aromatic heterocycles. The van der Waals surface area contributed by atoms with E-state index < -0.39 is 35.8 Å². The zero-order valence-corrected chi connectivity index (χ0v) is 26.5. The number of nitrogens with two attached hydrogens (primary N) is 2. The lowest BCUT2D eigenvalue weighted by Crippen LogP contribution is -2.58. The van der Waals surface area contributed by atoms with Crippen LogP contribution >= 0.6 is 0 Å². The number of hydrogen-bond donors (Lipinski definition) is 6. The second-order valence-electron chi connectivity index (χ2n) is 12.3. The number of carbonyl (C=O) groups excluding carboxylic acids is 4. The van der Waals surface area contributed by atoms with Gasteiger partial charge in [-0.05, 0) is 78.0 Å². The molecule has 4 aromatic carbocycles. The molecule has 4 amide bonds. The number of carbonyl (C=O) groups is 4. The van der Waals surface area contributed by atoms with E-state index in [1.807, 2.05) is 84.9 Å². The van der Waals surface area contributed by atoms with Gasteiger partial charge in [0.15, 0.2) is 0 Å². The third-order valence-electron chi connectivity index (χ3n) is 8.84. The molecule has 4 aromatic rings. The van der Waals surface area contributed by atoms with Crippen molar-refractivity contribution in [2.24, 2.45) is 17.4 Å². The highest BCUT2D eigenvalue weighted by atomic mass is 16.2. The summed E-state index contributed by atoms with van der Waals surface area (Å²) in [5, 5.41) is 16.1. The quantitative estimate of drug-likeness (QED) is 0.124. The summed E-state index contributed by atoms with van der Waals surface area (Å²) in [6.07, 6.45) is 2.53. The maximum absolute atomic E-state index is 14.1. The summed E-state index contributed by atoms with van der Waals surface area (Å²) in [4.78, 5) is 53.5. The van der Waals surface area contributed by atoms with E-state index in [-0.39, 0.29) is 31.1 Å². The van der Waals surface area contributed by atoms with Gasteiger partial charge in [0, 0.05) is 18.8 Å². The molecule has 1 aliphatic heterocycles. The van der Waals surface area contributed by atoms with E-state index in [4.69, 9.17) is 11.5 Å². The van der Waals surface area contributed by atoms with Crippen LogP contribution in [-0.2, 0) is 32.0 Å². The number of nitrogens with one attached hydrogen (secondary N) is 4. The predicted molar refractivity (Wildman–Crippen MR) is 184 cm³/mol. The van der Waals surface area contributed by atoms with Crippen LogP contribution in [0.5, 0.6) is 0 Å². The van der Waals surface area contributed by atoms with E-state index in [1.165, 1.54) is 0 Å². The van der Waals surface area contributed by atoms with Crippen molar-refractivity contribution in [1.82, 2.24) is 21.3 Å². The molecule has 0 bridgehead atoms. The SMILES string of the molecule is NCCCC(NC(=O)C(Cc1ccc2ccccc2c1)NC(=O)C(Cc1ccc2ccccc2c1)NC(=O)C1CCNCC1)C(N)=O. The molecule has 3 atom stereocenters. The smallest absolute Gasteiger partial charge is 0.243 e. The van der Waals surface area contributed by atoms with Crippen LogP contribution in [0.3, 0.4) is 0 Å². The zero-order valence-electron chi connectivity index (χ0n) is 26.5. The van der Waals surface area contributed by atoms with Gasteiger partial charge < -0.3 is 32.7 Å². The first-order chi connectivity index (χ1) is 22.8. The summed E-state index contributed by atoms with van der Waals surface area (Å²) in [6.45, 7) is 1.81. The van der Waals surface area contributed by atoms with Gasteiger partial charge in [0.25, 0.3) is 0 Å². The molecule has 10 heteroatoms. The lowest BCUT2D eigenvalue weighted by Gasteiger charge is -2.27. The van der Waals surface area contributed by atoms with Crippen molar-refractivity contribution in [2.75, 3.05) is 19.6 Å². The second kappa shape index (κ2) is 16.2. The van der Waals surface area contributed by atoms with Crippen molar-refractivity contribution in [3.8, 4) is 0 Å². The second-order valence-corrected chi connectivity index (χ2v) is 12.3. The largest absolute Gasteiger partial charge is 0.368 e. The molecular formula is C37H44N6O4. The zero-order chi connectivity index (χ0) is 33.2. The van der Waals surface area contributed by atoms with Crippen LogP contribution in [0, 0.1) is 5.92 Å². The molecule has 1 heterocycles. The van der Waals surface area contributed by atoms with Crippen LogP contribution < -0.4 is 32.7 Å². The van der Waals surface area contributed by atoms with Crippen molar-refractivity contribution in [3.05, 3.63) is 96.1 Å². The molecule has 1 aliphatic rings. The molecular weight excluding hydrogens is 592 g/mol. The van der Waals surface area contributed by atoms with Crippen molar-refractivity contribution >= 4 is 45.2 Å². The molecule has 5 rings (SSSR count). The maximum atomic E-state index is 14.1. The molecule has 8 N–H and O–H groups in total. The van der Waals surface area contributed by atoms with Crippen molar-refractivity contribution in [1.29, 1.82) is 0 Å². The van der Waals surface area contributed by atoms with Gasteiger partial charge in [0.05, 0.1) is 0 Å². The summed E-state index contributed by atoms with van der Waals surface area (Å²) in [6, 6.07) is 24.7. The van der Waals surface area contributed by atoms with Gasteiger partial charge in [-0.3, -0.25) is 19.2 Å². The van der Waals surface area contributed by atoms with E-state index in [1.54, 1.807) is 0 Å². The van der Waals surface area contributed by atoms with Gasteiger partial charge in [0.2, 0.25) is 23.6 Å². The number of benzene rings is 4. The van der Waals surface area contributed by atoms with Crippen LogP contribution in [0.15, 0.2) is 84.9 Å². The monoisotopic (exact) mass is 636 g/mol. The number of hydrogen-bond acceptors (Lipinski definition) is 6. The average molecular weight is 637 g/mol. The molecule has 0 radical (unpaired) electrons. The van der Waals surface area contributed by atoms with Crippen molar-refractivity contribution < 1.29 is 19.2 Å². The minimum absolute atomic E-state index is 0.162. The summed E-state index contributed by atoms with van der Waals surface area (Å²) >= 11 is 0. The highest BCUT2D eigenvalue weighted by Crippen LogP contribution is 2.19. The standard InChI is InChI=1S/C37H44N6O4/c38-17-5-10-31(34(39)44)41-36(46)33(23-25-12-14-27-7-2-4-9-30(27)21-25)43-37(47)32(42-35(45)28-15-18-40-19-16-28)22-24-11-13-26-6-1-3-8-29(26)20-24/h1-4,6-9,11-14,20-21,28,31-33,40H,5,10,15-19,22-23,38H2,(H2,39,44)(H,41,46)(H,42,45)(H,43,47). The normalized spacial score (nSPS) is 15.4. The summed E-state index contributed by atoms with van der Waals surface area (Å²) in [5.74, 6) is -2.09. The molecule has 0 spiro atoms. The Morgan fingerprint density at radius 2 is 1.17 bits per heavy atom. The number of piperidine rings is 1. The summed E-state index contributed by atoms with van der Waals surface area (Å²) in [5.41, 5.74) is 13.0. The van der Waals surface area contributed by atoms with Crippen LogP contribution in [0.25, 0.3) is 21.5 Å². The first kappa shape index (κ1) is 33.6. The predicted octanol–water partition coefficient (Wildman–Crippen LogP) is 2.46. The highest BCUT2D eigenvalue weighted by Gasteiger charge is 2.31. The average Bonchev–Trinajstić information content (AvgIpc) is 3.09. The number of primary amides is 1. The van der Waals surface area contributed by atoms with E-state index in [2.05, 4.69) is 21.3 Å². The van der Waals surface area contributed by atoms with Crippen LogP contribution in [0.2, 0.25) is 0 Å². The Labute approximate surface area is 275 Å². The van der Waals surface area contributed by atoms with Crippen LogP contribution in [-0.4, -0.2) is 61.4 Å². The Hall–Kier alpha value is -4.80. The first-order valence-corrected chi connectivity index (χ1v) is 16.4. The molecule has 1 saturated heterocycles. The molecule has 0 saturated carbocycles. The lowest BCUT2D eigenvalue weighted by atomic mass is 9.95. The Morgan fingerprint density at radius 3 is 1.68 bits per heavy atom. The topological polar surface area (TPSA) is 168 Å². The summed E-state index contributed by atoms with van der Waals surface area (Å²) in [7, 11) is 0. The van der Waals surface area contributed by atoms with Gasteiger partial charge in [-0.15, -0.1) is 0 Å². The van der Waals surface area contributed by atoms with Crippen LogP contribution in [0.1, 0.15) is 36.8 Å². The first-order valence-electron chi connectivity index (χ1n) is 16.4. The van der Waals surface area contributed by atoms with Gasteiger partial charge in [-0.25, -0.2) is 0 Å². The highest BCUT2D eigenvalue weighted by molar-refractivity contribution is 5.95. The Kier molecular flexibility index (Phi) is 11.5. The molecule has 246 valence electrons. The molecule has 3 unspecified atom stereocenters. The van der Waals surface area contributed by atoms with E-state index in [0.717, 1.165) is 45.8 Å².